The fourth-order valence-corrected chi connectivity index (χ4v) is 1.71. The van der Waals surface area contributed by atoms with Gasteiger partial charge < -0.3 is 9.88 Å². The minimum Gasteiger partial charge on any atom is -0.369 e. The van der Waals surface area contributed by atoms with E-state index in [4.69, 9.17) is 0 Å². The molecular weight excluding hydrogens is 285 g/mol. The van der Waals surface area contributed by atoms with Gasteiger partial charge in [0.1, 0.15) is 5.82 Å². The van der Waals surface area contributed by atoms with Crippen molar-refractivity contribution in [3.8, 4) is 0 Å². The van der Waals surface area contributed by atoms with E-state index in [0.29, 0.717) is 18.1 Å². The maximum atomic E-state index is 12.6. The fourth-order valence-electron chi connectivity index (χ4n) is 1.71. The van der Waals surface area contributed by atoms with E-state index >= 15 is 0 Å². The predicted octanol–water partition coefficient (Wildman–Crippen LogP) is 2.14. The van der Waals surface area contributed by atoms with Crippen LogP contribution in [0.2, 0.25) is 0 Å². The summed E-state index contributed by atoms with van der Waals surface area (Å²) in [5, 5.41) is 2.95. The Labute approximate surface area is 118 Å². The molecule has 112 valence electrons. The monoisotopic (exact) mass is 298 g/mol. The minimum atomic E-state index is -4.49. The summed E-state index contributed by atoms with van der Waals surface area (Å²) in [6, 6.07) is 1.65. The zero-order valence-electron chi connectivity index (χ0n) is 11.2. The van der Waals surface area contributed by atoms with E-state index in [1.807, 2.05) is 6.92 Å². The van der Waals surface area contributed by atoms with Crippen molar-refractivity contribution in [2.24, 2.45) is 0 Å². The van der Waals surface area contributed by atoms with E-state index in [9.17, 15) is 18.0 Å². The normalized spacial score (nSPS) is 11.4. The number of rotatable bonds is 4. The zero-order chi connectivity index (χ0) is 15.5. The Hall–Kier alpha value is -2.38. The first-order valence-corrected chi connectivity index (χ1v) is 6.22. The zero-order valence-corrected chi connectivity index (χ0v) is 11.2. The minimum absolute atomic E-state index is 0.0673. The van der Waals surface area contributed by atoms with Gasteiger partial charge in [-0.25, -0.2) is 4.98 Å². The molecule has 0 saturated carbocycles. The molecule has 8 heteroatoms. The van der Waals surface area contributed by atoms with Crippen LogP contribution in [0, 0.1) is 0 Å². The highest BCUT2D eigenvalue weighted by atomic mass is 19.4. The maximum absolute atomic E-state index is 12.6. The first-order chi connectivity index (χ1) is 9.90. The van der Waals surface area contributed by atoms with Gasteiger partial charge in [-0.1, -0.05) is 0 Å². The topological polar surface area (TPSA) is 59.8 Å². The van der Waals surface area contributed by atoms with Gasteiger partial charge in [-0.3, -0.25) is 9.78 Å². The maximum Gasteiger partial charge on any atom is 0.417 e. The van der Waals surface area contributed by atoms with Gasteiger partial charge in [-0.05, 0) is 13.0 Å². The van der Waals surface area contributed by atoms with Gasteiger partial charge in [0.25, 0.3) is 5.56 Å². The van der Waals surface area contributed by atoms with Crippen LogP contribution in [0.1, 0.15) is 18.2 Å². The Morgan fingerprint density at radius 3 is 2.57 bits per heavy atom. The molecule has 1 N–H and O–H groups in total. The molecule has 21 heavy (non-hydrogen) atoms. The largest absolute Gasteiger partial charge is 0.417 e. The summed E-state index contributed by atoms with van der Waals surface area (Å²) in [7, 11) is 0. The van der Waals surface area contributed by atoms with Crippen LogP contribution in [-0.2, 0) is 12.7 Å². The summed E-state index contributed by atoms with van der Waals surface area (Å²) in [5.74, 6) is 0.567. The Morgan fingerprint density at radius 2 is 2.00 bits per heavy atom. The van der Waals surface area contributed by atoms with Crippen LogP contribution < -0.4 is 10.9 Å². The number of hydrogen-bond donors (Lipinski definition) is 1. The van der Waals surface area contributed by atoms with Gasteiger partial charge in [-0.15, -0.1) is 0 Å². The van der Waals surface area contributed by atoms with Gasteiger partial charge >= 0.3 is 6.18 Å². The van der Waals surface area contributed by atoms with Crippen molar-refractivity contribution in [1.82, 2.24) is 14.5 Å². The Morgan fingerprint density at radius 1 is 1.24 bits per heavy atom. The number of hydrogen-bond acceptors (Lipinski definition) is 4. The Balaban J connectivity index is 2.24. The van der Waals surface area contributed by atoms with E-state index in [2.05, 4.69) is 15.3 Å². The van der Waals surface area contributed by atoms with Gasteiger partial charge in [0.05, 0.1) is 30.2 Å². The predicted molar refractivity (Wildman–Crippen MR) is 71.0 cm³/mol. The molecule has 2 heterocycles. The molecule has 0 fully saturated rings. The third-order valence-corrected chi connectivity index (χ3v) is 2.71. The molecule has 2 aromatic heterocycles. The molecule has 0 bridgehead atoms. The SMILES string of the molecule is CCNc1cnc(Cn2cc(C(F)(F)F)ccc2=O)cn1. The summed E-state index contributed by atoms with van der Waals surface area (Å²) in [5.41, 5.74) is -1.00. The first-order valence-electron chi connectivity index (χ1n) is 6.22. The van der Waals surface area contributed by atoms with Crippen molar-refractivity contribution < 1.29 is 13.2 Å². The molecule has 0 spiro atoms. The molecule has 0 aromatic carbocycles. The summed E-state index contributed by atoms with van der Waals surface area (Å²) in [6.45, 7) is 2.51. The second-order valence-electron chi connectivity index (χ2n) is 4.30. The van der Waals surface area contributed by atoms with Crippen LogP contribution in [-0.4, -0.2) is 21.1 Å². The van der Waals surface area contributed by atoms with Crippen molar-refractivity contribution >= 4 is 5.82 Å². The highest BCUT2D eigenvalue weighted by molar-refractivity contribution is 5.30. The highest BCUT2D eigenvalue weighted by Crippen LogP contribution is 2.28. The molecule has 0 radical (unpaired) electrons. The number of nitrogens with zero attached hydrogens (tertiary/aromatic N) is 3. The number of halogens is 3. The van der Waals surface area contributed by atoms with Crippen molar-refractivity contribution in [1.29, 1.82) is 0 Å². The summed E-state index contributed by atoms with van der Waals surface area (Å²) >= 11 is 0. The Bertz CT molecular complexity index is 664. The van der Waals surface area contributed by atoms with E-state index < -0.39 is 17.3 Å². The standard InChI is InChI=1S/C13H13F3N4O/c1-2-17-11-6-18-10(5-19-11)8-20-7-9(13(14,15)16)3-4-12(20)21/h3-7H,2,8H2,1H3,(H,17,19). The number of nitrogens with one attached hydrogen (secondary N) is 1. The van der Waals surface area contributed by atoms with Crippen molar-refractivity contribution in [2.45, 2.75) is 19.6 Å². The first kappa shape index (κ1) is 15.0. The van der Waals surface area contributed by atoms with Gasteiger partial charge in [0.2, 0.25) is 0 Å². The van der Waals surface area contributed by atoms with Crippen LogP contribution in [0.15, 0.2) is 35.5 Å². The molecule has 0 aliphatic rings. The summed E-state index contributed by atoms with van der Waals surface area (Å²) in [6.07, 6.45) is -0.819. The van der Waals surface area contributed by atoms with Crippen molar-refractivity contribution in [2.75, 3.05) is 11.9 Å². The second kappa shape index (κ2) is 5.94. The Kier molecular flexibility index (Phi) is 4.25. The molecule has 0 aliphatic heterocycles. The number of aromatic nitrogens is 3. The molecule has 2 rings (SSSR count). The number of anilines is 1. The third-order valence-electron chi connectivity index (χ3n) is 2.71. The van der Waals surface area contributed by atoms with Crippen LogP contribution in [0.3, 0.4) is 0 Å². The lowest BCUT2D eigenvalue weighted by molar-refractivity contribution is -0.138. The molecule has 2 aromatic rings. The van der Waals surface area contributed by atoms with Crippen LogP contribution in [0.5, 0.6) is 0 Å². The molecule has 0 saturated heterocycles. The molecular formula is C13H13F3N4O. The lowest BCUT2D eigenvalue weighted by Crippen LogP contribution is -2.22. The number of pyridine rings is 1. The van der Waals surface area contributed by atoms with Crippen LogP contribution in [0.4, 0.5) is 19.0 Å². The van der Waals surface area contributed by atoms with Crippen molar-refractivity contribution in [3.05, 3.63) is 52.3 Å². The molecule has 5 nitrogen and oxygen atoms in total. The smallest absolute Gasteiger partial charge is 0.369 e. The third kappa shape index (κ3) is 3.80. The van der Waals surface area contributed by atoms with E-state index in [1.165, 1.54) is 12.4 Å². The van der Waals surface area contributed by atoms with Gasteiger partial charge in [0, 0.05) is 18.8 Å². The average Bonchev–Trinajstić information content (AvgIpc) is 2.42. The number of alkyl halides is 3. The lowest BCUT2D eigenvalue weighted by atomic mass is 10.2. The van der Waals surface area contributed by atoms with Crippen LogP contribution >= 0.6 is 0 Å². The fraction of sp³-hybridized carbons (Fsp3) is 0.308. The van der Waals surface area contributed by atoms with Crippen LogP contribution in [0.25, 0.3) is 0 Å². The van der Waals surface area contributed by atoms with E-state index in [0.717, 1.165) is 22.9 Å². The molecule has 0 aliphatic carbocycles. The van der Waals surface area contributed by atoms with Gasteiger partial charge in [-0.2, -0.15) is 13.2 Å². The lowest BCUT2D eigenvalue weighted by Gasteiger charge is -2.10. The second-order valence-corrected chi connectivity index (χ2v) is 4.30. The summed E-state index contributed by atoms with van der Waals surface area (Å²) in [4.78, 5) is 19.7. The average molecular weight is 298 g/mol. The van der Waals surface area contributed by atoms with E-state index in [-0.39, 0.29) is 6.54 Å². The van der Waals surface area contributed by atoms with Crippen molar-refractivity contribution in [3.63, 3.8) is 0 Å². The van der Waals surface area contributed by atoms with Gasteiger partial charge in [0.15, 0.2) is 0 Å². The molecule has 0 amide bonds. The highest BCUT2D eigenvalue weighted by Gasteiger charge is 2.31. The quantitative estimate of drug-likeness (QED) is 0.939. The molecule has 0 atom stereocenters. The molecule has 0 unspecified atom stereocenters. The summed E-state index contributed by atoms with van der Waals surface area (Å²) < 4.78 is 38.8. The van der Waals surface area contributed by atoms with E-state index in [1.54, 1.807) is 0 Å².